The molecule has 30 heavy (non-hydrogen) atoms. The van der Waals surface area contributed by atoms with E-state index in [4.69, 9.17) is 23.8 Å². The third-order valence-electron chi connectivity index (χ3n) is 3.87. The molecule has 0 aromatic heterocycles. The third-order valence-corrected chi connectivity index (χ3v) is 5.04. The zero-order valence-electron chi connectivity index (χ0n) is 15.2. The lowest BCUT2D eigenvalue weighted by atomic mass is 10.2. The fraction of sp³-hybridized carbons (Fsp3) is 0. The summed E-state index contributed by atoms with van der Waals surface area (Å²) in [5.74, 6) is -1.31. The number of carbonyl (C=O) groups excluding carboxylic acids is 2. The topological polar surface area (TPSA) is 70.2 Å². The van der Waals surface area contributed by atoms with Crippen molar-refractivity contribution in [3.05, 3.63) is 92.3 Å². The summed E-state index contributed by atoms with van der Waals surface area (Å²) in [6.45, 7) is 0. The van der Waals surface area contributed by atoms with Crippen LogP contribution in [0.1, 0.15) is 20.7 Å². The fourth-order valence-electron chi connectivity index (χ4n) is 2.48. The Balaban J connectivity index is 1.64. The molecule has 0 aliphatic carbocycles. The molecule has 3 N–H and O–H groups in total. The highest BCUT2D eigenvalue weighted by atomic mass is 127. The average Bonchev–Trinajstić information content (AvgIpc) is 2.71. The molecular formula is C21H14ClFIN3O2S. The van der Waals surface area contributed by atoms with Gasteiger partial charge in [0.05, 0.1) is 5.02 Å². The van der Waals surface area contributed by atoms with Crippen molar-refractivity contribution in [3.8, 4) is 0 Å². The van der Waals surface area contributed by atoms with E-state index in [1.54, 1.807) is 42.5 Å². The van der Waals surface area contributed by atoms with E-state index >= 15 is 0 Å². The predicted octanol–water partition coefficient (Wildman–Crippen LogP) is 5.46. The van der Waals surface area contributed by atoms with E-state index in [0.29, 0.717) is 22.5 Å². The van der Waals surface area contributed by atoms with Gasteiger partial charge in [-0.2, -0.15) is 0 Å². The van der Waals surface area contributed by atoms with Crippen molar-refractivity contribution in [3.63, 3.8) is 0 Å². The van der Waals surface area contributed by atoms with Crippen LogP contribution in [0.3, 0.4) is 0 Å². The molecule has 152 valence electrons. The van der Waals surface area contributed by atoms with Crippen molar-refractivity contribution in [1.82, 2.24) is 5.32 Å². The molecule has 3 rings (SSSR count). The first-order valence-corrected chi connectivity index (χ1v) is 10.4. The molecule has 0 fully saturated rings. The Labute approximate surface area is 196 Å². The van der Waals surface area contributed by atoms with Crippen molar-refractivity contribution in [1.29, 1.82) is 0 Å². The summed E-state index contributed by atoms with van der Waals surface area (Å²) >= 11 is 13.0. The van der Waals surface area contributed by atoms with E-state index in [9.17, 15) is 14.0 Å². The molecule has 0 unspecified atom stereocenters. The Bertz CT molecular complexity index is 1140. The van der Waals surface area contributed by atoms with E-state index < -0.39 is 11.7 Å². The number of halogens is 3. The maximum Gasteiger partial charge on any atom is 0.257 e. The Hall–Kier alpha value is -2.56. The van der Waals surface area contributed by atoms with Crippen LogP contribution >= 0.6 is 46.4 Å². The van der Waals surface area contributed by atoms with Gasteiger partial charge in [-0.3, -0.25) is 14.9 Å². The van der Waals surface area contributed by atoms with Crippen LogP contribution in [0.15, 0.2) is 66.7 Å². The number of amides is 2. The second-order valence-corrected chi connectivity index (χ2v) is 8.14. The number of nitrogens with one attached hydrogen (secondary N) is 3. The molecule has 0 saturated heterocycles. The van der Waals surface area contributed by atoms with Crippen LogP contribution in [0.5, 0.6) is 0 Å². The van der Waals surface area contributed by atoms with Crippen LogP contribution in [0, 0.1) is 9.39 Å². The van der Waals surface area contributed by atoms with Crippen molar-refractivity contribution < 1.29 is 14.0 Å². The minimum Gasteiger partial charge on any atom is -0.332 e. The SMILES string of the molecule is O=C(NC(=S)Nc1cccc(C(=O)Nc2ccc(F)c(Cl)c2)c1)c1cccc(I)c1. The Morgan fingerprint density at radius 3 is 2.23 bits per heavy atom. The van der Waals surface area contributed by atoms with Gasteiger partial charge in [0.1, 0.15) is 5.82 Å². The number of carbonyl (C=O) groups is 2. The van der Waals surface area contributed by atoms with Crippen LogP contribution < -0.4 is 16.0 Å². The molecule has 0 saturated carbocycles. The number of benzene rings is 3. The molecule has 2 amide bonds. The second kappa shape index (κ2) is 9.96. The average molecular weight is 554 g/mol. The summed E-state index contributed by atoms with van der Waals surface area (Å²) in [5.41, 5.74) is 1.71. The van der Waals surface area contributed by atoms with Crippen LogP contribution in [0.25, 0.3) is 0 Å². The van der Waals surface area contributed by atoms with E-state index in [1.807, 2.05) is 6.07 Å². The highest BCUT2D eigenvalue weighted by molar-refractivity contribution is 14.1. The van der Waals surface area contributed by atoms with Gasteiger partial charge in [0.15, 0.2) is 5.11 Å². The number of rotatable bonds is 4. The lowest BCUT2D eigenvalue weighted by Crippen LogP contribution is -2.34. The van der Waals surface area contributed by atoms with Crippen LogP contribution in [-0.2, 0) is 0 Å². The molecule has 3 aromatic rings. The molecule has 0 aliphatic rings. The maximum absolute atomic E-state index is 13.3. The number of anilines is 2. The van der Waals surface area contributed by atoms with E-state index in [0.717, 1.165) is 3.57 Å². The van der Waals surface area contributed by atoms with Crippen LogP contribution in [-0.4, -0.2) is 16.9 Å². The molecule has 0 atom stereocenters. The van der Waals surface area contributed by atoms with Gasteiger partial charge in [-0.05, 0) is 89.4 Å². The summed E-state index contributed by atoms with van der Waals surface area (Å²) in [7, 11) is 0. The van der Waals surface area contributed by atoms with E-state index in [-0.39, 0.29) is 16.0 Å². The third kappa shape index (κ3) is 5.97. The van der Waals surface area contributed by atoms with Gasteiger partial charge in [0.2, 0.25) is 0 Å². The molecule has 9 heteroatoms. The van der Waals surface area contributed by atoms with Gasteiger partial charge in [-0.25, -0.2) is 4.39 Å². The van der Waals surface area contributed by atoms with Gasteiger partial charge < -0.3 is 10.6 Å². The molecule has 0 spiro atoms. The minimum absolute atomic E-state index is 0.0857. The number of thiocarbonyl (C=S) groups is 1. The summed E-state index contributed by atoms with van der Waals surface area (Å²) < 4.78 is 14.2. The lowest BCUT2D eigenvalue weighted by molar-refractivity contribution is 0.0976. The molecule has 0 radical (unpaired) electrons. The Morgan fingerprint density at radius 1 is 0.867 bits per heavy atom. The Morgan fingerprint density at radius 2 is 1.53 bits per heavy atom. The highest BCUT2D eigenvalue weighted by Gasteiger charge is 2.11. The zero-order chi connectivity index (χ0) is 21.7. The van der Waals surface area contributed by atoms with Gasteiger partial charge in [0, 0.05) is 26.1 Å². The lowest BCUT2D eigenvalue weighted by Gasteiger charge is -2.11. The largest absolute Gasteiger partial charge is 0.332 e. The van der Waals surface area contributed by atoms with Crippen LogP contribution in [0.2, 0.25) is 5.02 Å². The van der Waals surface area contributed by atoms with Gasteiger partial charge in [-0.1, -0.05) is 23.7 Å². The first kappa shape index (κ1) is 22.1. The van der Waals surface area contributed by atoms with Gasteiger partial charge in [-0.15, -0.1) is 0 Å². The summed E-state index contributed by atoms with van der Waals surface area (Å²) in [6, 6.07) is 17.6. The maximum atomic E-state index is 13.3. The number of hydrogen-bond acceptors (Lipinski definition) is 3. The summed E-state index contributed by atoms with van der Waals surface area (Å²) in [5, 5.41) is 8.14. The van der Waals surface area contributed by atoms with E-state index in [1.165, 1.54) is 18.2 Å². The quantitative estimate of drug-likeness (QED) is 0.296. The first-order valence-electron chi connectivity index (χ1n) is 8.56. The van der Waals surface area contributed by atoms with Crippen molar-refractivity contribution >= 4 is 74.7 Å². The monoisotopic (exact) mass is 553 g/mol. The highest BCUT2D eigenvalue weighted by Crippen LogP contribution is 2.20. The van der Waals surface area contributed by atoms with Crippen molar-refractivity contribution in [2.75, 3.05) is 10.6 Å². The van der Waals surface area contributed by atoms with E-state index in [2.05, 4.69) is 38.5 Å². The molecule has 0 bridgehead atoms. The number of hydrogen-bond donors (Lipinski definition) is 3. The summed E-state index contributed by atoms with van der Waals surface area (Å²) in [6.07, 6.45) is 0. The molecule has 0 aliphatic heterocycles. The molecule has 0 heterocycles. The van der Waals surface area contributed by atoms with Gasteiger partial charge >= 0.3 is 0 Å². The summed E-state index contributed by atoms with van der Waals surface area (Å²) in [4.78, 5) is 24.7. The van der Waals surface area contributed by atoms with Crippen molar-refractivity contribution in [2.24, 2.45) is 0 Å². The minimum atomic E-state index is -0.568. The predicted molar refractivity (Wildman–Crippen MR) is 129 cm³/mol. The second-order valence-electron chi connectivity index (χ2n) is 6.08. The van der Waals surface area contributed by atoms with Crippen LogP contribution in [0.4, 0.5) is 15.8 Å². The standard InChI is InChI=1S/C21H14ClFIN3O2S/c22-17-11-16(7-8-18(17)23)25-19(28)13-4-2-6-15(10-13)26-21(30)27-20(29)12-3-1-5-14(24)9-12/h1-11H,(H,25,28)(H2,26,27,29,30). The molecule has 5 nitrogen and oxygen atoms in total. The smallest absolute Gasteiger partial charge is 0.257 e. The van der Waals surface area contributed by atoms with Crippen molar-refractivity contribution in [2.45, 2.75) is 0 Å². The van der Waals surface area contributed by atoms with Gasteiger partial charge in [0.25, 0.3) is 11.8 Å². The normalized spacial score (nSPS) is 10.2. The fourth-order valence-corrected chi connectivity index (χ4v) is 3.42. The first-order chi connectivity index (χ1) is 14.3. The molecule has 3 aromatic carbocycles. The zero-order valence-corrected chi connectivity index (χ0v) is 18.9. The Kier molecular flexibility index (Phi) is 7.35. The molecular weight excluding hydrogens is 540 g/mol.